The van der Waals surface area contributed by atoms with Gasteiger partial charge in [-0.3, -0.25) is 4.79 Å². The van der Waals surface area contributed by atoms with Crippen LogP contribution < -0.4 is 14.8 Å². The van der Waals surface area contributed by atoms with Crippen molar-refractivity contribution >= 4 is 12.0 Å². The third kappa shape index (κ3) is 4.99. The lowest BCUT2D eigenvalue weighted by Gasteiger charge is -2.10. The molecule has 0 bridgehead atoms. The highest BCUT2D eigenvalue weighted by molar-refractivity contribution is 5.92. The second-order valence-corrected chi connectivity index (χ2v) is 5.53. The molecule has 1 heterocycles. The van der Waals surface area contributed by atoms with Crippen molar-refractivity contribution in [2.45, 2.75) is 32.8 Å². The SMILES string of the molecule is CCOc1cc2c(cc1C=CC(=O)NCCCOC)OC(C)C2. The lowest BCUT2D eigenvalue weighted by molar-refractivity contribution is -0.116. The number of benzene rings is 1. The van der Waals surface area contributed by atoms with Crippen molar-refractivity contribution < 1.29 is 19.0 Å². The Balaban J connectivity index is 2.04. The molecule has 5 heteroatoms. The Kier molecular flexibility index (Phi) is 6.47. The Hall–Kier alpha value is -2.01. The van der Waals surface area contributed by atoms with Crippen LogP contribution in [0.5, 0.6) is 11.5 Å². The van der Waals surface area contributed by atoms with Crippen LogP contribution in [0, 0.1) is 0 Å². The predicted octanol–water partition coefficient (Wildman–Crippen LogP) is 2.57. The molecule has 0 aromatic heterocycles. The largest absolute Gasteiger partial charge is 0.493 e. The topological polar surface area (TPSA) is 56.8 Å². The zero-order chi connectivity index (χ0) is 16.7. The number of nitrogens with one attached hydrogen (secondary N) is 1. The molecule has 1 atom stereocenters. The number of ether oxygens (including phenoxy) is 3. The number of fused-ring (bicyclic) bond motifs is 1. The van der Waals surface area contributed by atoms with E-state index in [-0.39, 0.29) is 12.0 Å². The van der Waals surface area contributed by atoms with Crippen LogP contribution in [0.25, 0.3) is 6.08 Å². The Morgan fingerprint density at radius 3 is 3.04 bits per heavy atom. The van der Waals surface area contributed by atoms with E-state index in [1.807, 2.05) is 26.0 Å². The summed E-state index contributed by atoms with van der Waals surface area (Å²) in [6.45, 7) is 5.81. The molecule has 0 aliphatic carbocycles. The molecule has 5 nitrogen and oxygen atoms in total. The number of hydrogen-bond acceptors (Lipinski definition) is 4. The van der Waals surface area contributed by atoms with E-state index in [0.717, 1.165) is 35.5 Å². The van der Waals surface area contributed by atoms with Crippen molar-refractivity contribution in [2.24, 2.45) is 0 Å². The van der Waals surface area contributed by atoms with Crippen LogP contribution in [0.2, 0.25) is 0 Å². The molecular weight excluding hydrogens is 294 g/mol. The number of carbonyl (C=O) groups is 1. The quantitative estimate of drug-likeness (QED) is 0.591. The minimum Gasteiger partial charge on any atom is -0.493 e. The first kappa shape index (κ1) is 17.3. The van der Waals surface area contributed by atoms with Gasteiger partial charge in [0.1, 0.15) is 17.6 Å². The van der Waals surface area contributed by atoms with Gasteiger partial charge in [0.25, 0.3) is 0 Å². The summed E-state index contributed by atoms with van der Waals surface area (Å²) in [5.41, 5.74) is 2.01. The summed E-state index contributed by atoms with van der Waals surface area (Å²) in [7, 11) is 1.65. The lowest BCUT2D eigenvalue weighted by atomic mass is 10.1. The van der Waals surface area contributed by atoms with Crippen LogP contribution >= 0.6 is 0 Å². The van der Waals surface area contributed by atoms with E-state index >= 15 is 0 Å². The average molecular weight is 319 g/mol. The Bertz CT molecular complexity index is 568. The van der Waals surface area contributed by atoms with Crippen molar-refractivity contribution in [3.8, 4) is 11.5 Å². The summed E-state index contributed by atoms with van der Waals surface area (Å²) in [6.07, 6.45) is 5.16. The first-order valence-electron chi connectivity index (χ1n) is 8.05. The number of hydrogen-bond donors (Lipinski definition) is 1. The van der Waals surface area contributed by atoms with Crippen LogP contribution in [0.15, 0.2) is 18.2 Å². The molecule has 1 N–H and O–H groups in total. The van der Waals surface area contributed by atoms with Gasteiger partial charge in [-0.2, -0.15) is 0 Å². The molecule has 1 aromatic carbocycles. The van der Waals surface area contributed by atoms with Gasteiger partial charge in [0.2, 0.25) is 5.91 Å². The zero-order valence-electron chi connectivity index (χ0n) is 14.1. The van der Waals surface area contributed by atoms with Gasteiger partial charge in [-0.15, -0.1) is 0 Å². The first-order chi connectivity index (χ1) is 11.1. The molecule has 1 unspecified atom stereocenters. The maximum Gasteiger partial charge on any atom is 0.244 e. The van der Waals surface area contributed by atoms with Crippen molar-refractivity contribution in [3.05, 3.63) is 29.3 Å². The molecular formula is C18H25NO4. The van der Waals surface area contributed by atoms with E-state index in [9.17, 15) is 4.79 Å². The summed E-state index contributed by atoms with van der Waals surface area (Å²) in [4.78, 5) is 11.8. The summed E-state index contributed by atoms with van der Waals surface area (Å²) < 4.78 is 16.4. The van der Waals surface area contributed by atoms with Crippen LogP contribution in [-0.4, -0.2) is 38.9 Å². The number of rotatable bonds is 8. The standard InChI is InChI=1S/C18H25NO4/c1-4-22-16-12-15-10-13(2)23-17(15)11-14(16)6-7-18(20)19-8-5-9-21-3/h6-7,11-13H,4-5,8-10H2,1-3H3,(H,19,20). The third-order valence-corrected chi connectivity index (χ3v) is 3.57. The summed E-state index contributed by atoms with van der Waals surface area (Å²) in [5, 5.41) is 2.82. The van der Waals surface area contributed by atoms with E-state index in [2.05, 4.69) is 5.32 Å². The van der Waals surface area contributed by atoms with Crippen molar-refractivity contribution in [3.63, 3.8) is 0 Å². The fourth-order valence-corrected chi connectivity index (χ4v) is 2.52. The maximum absolute atomic E-state index is 11.8. The van der Waals surface area contributed by atoms with Gasteiger partial charge in [0.05, 0.1) is 6.61 Å². The molecule has 0 saturated carbocycles. The highest BCUT2D eigenvalue weighted by atomic mass is 16.5. The van der Waals surface area contributed by atoms with Crippen molar-refractivity contribution in [2.75, 3.05) is 26.9 Å². The Morgan fingerprint density at radius 1 is 1.48 bits per heavy atom. The number of carbonyl (C=O) groups excluding carboxylic acids is 1. The number of amides is 1. The molecule has 2 rings (SSSR count). The van der Waals surface area contributed by atoms with Gasteiger partial charge in [0, 0.05) is 43.9 Å². The van der Waals surface area contributed by atoms with Crippen LogP contribution in [0.1, 0.15) is 31.4 Å². The third-order valence-electron chi connectivity index (χ3n) is 3.57. The summed E-state index contributed by atoms with van der Waals surface area (Å²) in [6, 6.07) is 3.96. The molecule has 0 radical (unpaired) electrons. The first-order valence-corrected chi connectivity index (χ1v) is 8.05. The van der Waals surface area contributed by atoms with Gasteiger partial charge >= 0.3 is 0 Å². The second-order valence-electron chi connectivity index (χ2n) is 5.53. The molecule has 0 fully saturated rings. The van der Waals surface area contributed by atoms with Gasteiger partial charge in [-0.1, -0.05) is 0 Å². The fourth-order valence-electron chi connectivity index (χ4n) is 2.52. The van der Waals surface area contributed by atoms with E-state index in [4.69, 9.17) is 14.2 Å². The highest BCUT2D eigenvalue weighted by Gasteiger charge is 2.21. The minimum atomic E-state index is -0.127. The molecule has 1 amide bonds. The van der Waals surface area contributed by atoms with E-state index < -0.39 is 0 Å². The molecule has 23 heavy (non-hydrogen) atoms. The van der Waals surface area contributed by atoms with Gasteiger partial charge in [-0.25, -0.2) is 0 Å². The smallest absolute Gasteiger partial charge is 0.244 e. The van der Waals surface area contributed by atoms with Gasteiger partial charge < -0.3 is 19.5 Å². The predicted molar refractivity (Wildman–Crippen MR) is 89.9 cm³/mol. The van der Waals surface area contributed by atoms with Gasteiger partial charge in [0.15, 0.2) is 0 Å². The Labute approximate surface area is 137 Å². The van der Waals surface area contributed by atoms with Gasteiger partial charge in [-0.05, 0) is 38.5 Å². The fraction of sp³-hybridized carbons (Fsp3) is 0.500. The molecule has 126 valence electrons. The minimum absolute atomic E-state index is 0.127. The molecule has 1 aliphatic heterocycles. The molecule has 1 aromatic rings. The zero-order valence-corrected chi connectivity index (χ0v) is 14.1. The summed E-state index contributed by atoms with van der Waals surface area (Å²) in [5.74, 6) is 1.53. The Morgan fingerprint density at radius 2 is 2.30 bits per heavy atom. The maximum atomic E-state index is 11.8. The monoisotopic (exact) mass is 319 g/mol. The molecule has 0 saturated heterocycles. The van der Waals surface area contributed by atoms with Crippen LogP contribution in [-0.2, 0) is 16.0 Å². The molecule has 1 aliphatic rings. The second kappa shape index (κ2) is 8.58. The van der Waals surface area contributed by atoms with Crippen LogP contribution in [0.3, 0.4) is 0 Å². The normalized spacial score (nSPS) is 16.2. The van der Waals surface area contributed by atoms with Crippen molar-refractivity contribution in [1.82, 2.24) is 5.32 Å². The molecule has 0 spiro atoms. The highest BCUT2D eigenvalue weighted by Crippen LogP contribution is 2.35. The van der Waals surface area contributed by atoms with E-state index in [1.54, 1.807) is 13.2 Å². The lowest BCUT2D eigenvalue weighted by Crippen LogP contribution is -2.22. The summed E-state index contributed by atoms with van der Waals surface area (Å²) >= 11 is 0. The van der Waals surface area contributed by atoms with E-state index in [1.165, 1.54) is 6.08 Å². The van der Waals surface area contributed by atoms with Crippen LogP contribution in [0.4, 0.5) is 0 Å². The number of methoxy groups -OCH3 is 1. The van der Waals surface area contributed by atoms with E-state index in [0.29, 0.717) is 19.8 Å². The van der Waals surface area contributed by atoms with Crippen molar-refractivity contribution in [1.29, 1.82) is 0 Å². The average Bonchev–Trinajstić information content (AvgIpc) is 2.88.